The van der Waals surface area contributed by atoms with Crippen molar-refractivity contribution in [2.45, 2.75) is 19.9 Å². The highest BCUT2D eigenvalue weighted by atomic mass is 32.2. The molecule has 1 saturated heterocycles. The lowest BCUT2D eigenvalue weighted by Crippen LogP contribution is -2.60. The average Bonchev–Trinajstić information content (AvgIpc) is 2.74. The molecule has 0 aromatic carbocycles. The molecule has 8 nitrogen and oxygen atoms in total. The van der Waals surface area contributed by atoms with E-state index in [0.29, 0.717) is 28.5 Å². The summed E-state index contributed by atoms with van der Waals surface area (Å²) in [7, 11) is -3.27. The summed E-state index contributed by atoms with van der Waals surface area (Å²) in [5, 5.41) is 8.93. The van der Waals surface area contributed by atoms with Crippen LogP contribution in [0.4, 0.5) is 5.69 Å². The van der Waals surface area contributed by atoms with Gasteiger partial charge in [0.05, 0.1) is 23.7 Å². The number of nitrogens with two attached hydrogens (primary N) is 1. The molecule has 3 rings (SSSR count). The molecule has 10 heteroatoms. The predicted molar refractivity (Wildman–Crippen MR) is 89.0 cm³/mol. The van der Waals surface area contributed by atoms with Crippen molar-refractivity contribution in [2.75, 3.05) is 25.1 Å². The normalized spacial score (nSPS) is 15.9. The van der Waals surface area contributed by atoms with Gasteiger partial charge in [0.15, 0.2) is 0 Å². The first-order valence-electron chi connectivity index (χ1n) is 6.96. The lowest BCUT2D eigenvalue weighted by atomic mass is 10.1. The number of amides is 1. The lowest BCUT2D eigenvalue weighted by Gasteiger charge is -2.38. The smallest absolute Gasteiger partial charge is 0.266 e. The van der Waals surface area contributed by atoms with E-state index in [4.69, 9.17) is 5.73 Å². The minimum Gasteiger partial charge on any atom is -0.397 e. The maximum Gasteiger partial charge on any atom is 0.266 e. The van der Waals surface area contributed by atoms with Gasteiger partial charge in [-0.25, -0.2) is 13.1 Å². The second kappa shape index (κ2) is 5.39. The molecular weight excluding hydrogens is 338 g/mol. The Bertz CT molecular complexity index is 900. The summed E-state index contributed by atoms with van der Waals surface area (Å²) < 4.78 is 24.8. The molecule has 0 atom stereocenters. The average molecular weight is 355 g/mol. The van der Waals surface area contributed by atoms with Crippen LogP contribution < -0.4 is 10.5 Å². The number of hydrogen-bond acceptors (Lipinski definition) is 7. The number of nitrogen functional groups attached to an aromatic ring is 1. The molecule has 1 aliphatic rings. The number of likely N-dealkylation sites (tertiary alicyclic amines) is 1. The fourth-order valence-corrected chi connectivity index (χ4v) is 4.39. The van der Waals surface area contributed by atoms with Gasteiger partial charge in [-0.1, -0.05) is 0 Å². The molecule has 3 N–H and O–H groups in total. The molecule has 1 fully saturated rings. The Kier molecular flexibility index (Phi) is 3.77. The number of hydrogen-bond donors (Lipinski definition) is 2. The zero-order chi connectivity index (χ0) is 16.9. The molecule has 23 heavy (non-hydrogen) atoms. The van der Waals surface area contributed by atoms with Gasteiger partial charge in [0.25, 0.3) is 5.91 Å². The van der Waals surface area contributed by atoms with E-state index in [-0.39, 0.29) is 11.9 Å². The number of thiophene rings is 1. The third kappa shape index (κ3) is 2.89. The molecule has 1 amide bonds. The first kappa shape index (κ1) is 16.1. The molecule has 3 heterocycles. The maximum atomic E-state index is 12.6. The number of carbonyl (C=O) groups is 1. The lowest BCUT2D eigenvalue weighted by molar-refractivity contribution is 0.0598. The van der Waals surface area contributed by atoms with Crippen LogP contribution in [0.25, 0.3) is 10.2 Å². The van der Waals surface area contributed by atoms with Crippen LogP contribution in [-0.2, 0) is 10.0 Å². The summed E-state index contributed by atoms with van der Waals surface area (Å²) in [5.41, 5.74) is 8.27. The molecule has 0 bridgehead atoms. The topological polar surface area (TPSA) is 118 Å². The van der Waals surface area contributed by atoms with E-state index in [1.807, 2.05) is 13.8 Å². The Hall–Kier alpha value is -1.78. The van der Waals surface area contributed by atoms with Crippen molar-refractivity contribution >= 4 is 43.2 Å². The van der Waals surface area contributed by atoms with Crippen molar-refractivity contribution in [3.63, 3.8) is 0 Å². The minimum absolute atomic E-state index is 0.200. The van der Waals surface area contributed by atoms with E-state index in [2.05, 4.69) is 14.9 Å². The summed E-state index contributed by atoms with van der Waals surface area (Å²) in [6, 6.07) is -0.242. The molecule has 0 unspecified atom stereocenters. The van der Waals surface area contributed by atoms with Crippen LogP contribution in [0.15, 0.2) is 0 Å². The minimum atomic E-state index is -3.27. The number of carbonyl (C=O) groups excluding carboxylic acids is 1. The fraction of sp³-hybridized carbons (Fsp3) is 0.462. The van der Waals surface area contributed by atoms with Crippen LogP contribution >= 0.6 is 11.3 Å². The van der Waals surface area contributed by atoms with Crippen LogP contribution in [0.1, 0.15) is 20.9 Å². The van der Waals surface area contributed by atoms with Crippen molar-refractivity contribution in [3.8, 4) is 0 Å². The van der Waals surface area contributed by atoms with Gasteiger partial charge in [0.1, 0.15) is 9.71 Å². The number of aromatic nitrogens is 2. The predicted octanol–water partition coefficient (Wildman–Crippen LogP) is 0.264. The molecule has 2 aromatic rings. The highest BCUT2D eigenvalue weighted by molar-refractivity contribution is 7.88. The van der Waals surface area contributed by atoms with Crippen molar-refractivity contribution < 1.29 is 13.2 Å². The molecule has 0 saturated carbocycles. The van der Waals surface area contributed by atoms with Crippen LogP contribution in [-0.4, -0.2) is 54.8 Å². The second-order valence-electron chi connectivity index (χ2n) is 5.73. The third-order valence-corrected chi connectivity index (χ3v) is 5.72. The van der Waals surface area contributed by atoms with Gasteiger partial charge in [0, 0.05) is 18.5 Å². The van der Waals surface area contributed by atoms with Crippen LogP contribution in [0.2, 0.25) is 0 Å². The number of sulfonamides is 1. The van der Waals surface area contributed by atoms with Crippen molar-refractivity contribution in [2.24, 2.45) is 0 Å². The van der Waals surface area contributed by atoms with Crippen LogP contribution in [0.5, 0.6) is 0 Å². The SMILES string of the molecule is Cc1nnc2sc(C(=O)N3CC(NS(C)(=O)=O)C3)c(N)c2c1C. The number of fused-ring (bicyclic) bond motifs is 1. The van der Waals surface area contributed by atoms with E-state index in [1.54, 1.807) is 4.90 Å². The highest BCUT2D eigenvalue weighted by Gasteiger charge is 2.35. The molecular formula is C13H17N5O3S2. The third-order valence-electron chi connectivity index (χ3n) is 3.88. The van der Waals surface area contributed by atoms with Gasteiger partial charge in [-0.2, -0.15) is 5.10 Å². The maximum absolute atomic E-state index is 12.6. The number of aryl methyl sites for hydroxylation is 2. The van der Waals surface area contributed by atoms with Gasteiger partial charge < -0.3 is 10.6 Å². The largest absolute Gasteiger partial charge is 0.397 e. The highest BCUT2D eigenvalue weighted by Crippen LogP contribution is 2.36. The molecule has 124 valence electrons. The Balaban J connectivity index is 1.83. The molecule has 2 aromatic heterocycles. The van der Waals surface area contributed by atoms with E-state index in [0.717, 1.165) is 22.9 Å². The molecule has 0 aliphatic carbocycles. The summed E-state index contributed by atoms with van der Waals surface area (Å²) in [5.74, 6) is -0.200. The fourth-order valence-electron chi connectivity index (χ4n) is 2.56. The number of nitrogens with zero attached hydrogens (tertiary/aromatic N) is 3. The Morgan fingerprint density at radius 3 is 2.61 bits per heavy atom. The van der Waals surface area contributed by atoms with Crippen molar-refractivity contribution in [3.05, 3.63) is 16.1 Å². The quantitative estimate of drug-likeness (QED) is 0.815. The molecule has 0 spiro atoms. The van der Waals surface area contributed by atoms with Gasteiger partial charge >= 0.3 is 0 Å². The first-order valence-corrected chi connectivity index (χ1v) is 9.66. The second-order valence-corrected chi connectivity index (χ2v) is 8.51. The van der Waals surface area contributed by atoms with E-state index >= 15 is 0 Å². The number of rotatable bonds is 3. The zero-order valence-corrected chi connectivity index (χ0v) is 14.6. The van der Waals surface area contributed by atoms with E-state index < -0.39 is 10.0 Å². The van der Waals surface area contributed by atoms with Gasteiger partial charge in [-0.05, 0) is 19.4 Å². The van der Waals surface area contributed by atoms with Gasteiger partial charge in [-0.15, -0.1) is 16.4 Å². The van der Waals surface area contributed by atoms with Gasteiger partial charge in [-0.3, -0.25) is 4.79 Å². The Morgan fingerprint density at radius 2 is 2.00 bits per heavy atom. The van der Waals surface area contributed by atoms with E-state index in [9.17, 15) is 13.2 Å². The summed E-state index contributed by atoms with van der Waals surface area (Å²) in [6.07, 6.45) is 1.10. The standard InChI is InChI=1S/C13H17N5O3S2/c1-6-7(2)15-16-12-9(6)10(14)11(22-12)13(19)18-4-8(5-18)17-23(3,20)21/h8,17H,4-5,14H2,1-3H3. The molecule has 1 aliphatic heterocycles. The Morgan fingerprint density at radius 1 is 1.35 bits per heavy atom. The monoisotopic (exact) mass is 355 g/mol. The van der Waals surface area contributed by atoms with Crippen LogP contribution in [0, 0.1) is 13.8 Å². The van der Waals surface area contributed by atoms with E-state index in [1.165, 1.54) is 11.3 Å². The van der Waals surface area contributed by atoms with Crippen molar-refractivity contribution in [1.29, 1.82) is 0 Å². The first-order chi connectivity index (χ1) is 10.7. The van der Waals surface area contributed by atoms with Crippen LogP contribution in [0.3, 0.4) is 0 Å². The number of anilines is 1. The van der Waals surface area contributed by atoms with Gasteiger partial charge in [0.2, 0.25) is 10.0 Å². The number of nitrogens with one attached hydrogen (secondary N) is 1. The Labute approximate surface area is 137 Å². The summed E-state index contributed by atoms with van der Waals surface area (Å²) >= 11 is 1.22. The summed E-state index contributed by atoms with van der Waals surface area (Å²) in [4.78, 5) is 15.2. The summed E-state index contributed by atoms with van der Waals surface area (Å²) in [6.45, 7) is 4.42. The van der Waals surface area contributed by atoms with Crippen molar-refractivity contribution in [1.82, 2.24) is 19.8 Å². The molecule has 0 radical (unpaired) electrons. The zero-order valence-electron chi connectivity index (χ0n) is 13.0.